The summed E-state index contributed by atoms with van der Waals surface area (Å²) >= 11 is 0. The molecule has 25 heavy (non-hydrogen) atoms. The van der Waals surface area contributed by atoms with Crippen molar-refractivity contribution < 1.29 is 4.79 Å². The van der Waals surface area contributed by atoms with Gasteiger partial charge in [-0.05, 0) is 36.2 Å². The summed E-state index contributed by atoms with van der Waals surface area (Å²) in [6, 6.07) is 13.5. The van der Waals surface area contributed by atoms with Gasteiger partial charge >= 0.3 is 0 Å². The number of benzene rings is 1. The van der Waals surface area contributed by atoms with Crippen LogP contribution in [0.2, 0.25) is 0 Å². The molecule has 3 rings (SSSR count). The van der Waals surface area contributed by atoms with E-state index >= 15 is 0 Å². The summed E-state index contributed by atoms with van der Waals surface area (Å²) in [7, 11) is 0. The van der Waals surface area contributed by atoms with Crippen molar-refractivity contribution in [2.75, 3.05) is 5.32 Å². The van der Waals surface area contributed by atoms with Crippen LogP contribution in [0.4, 0.5) is 5.95 Å². The third kappa shape index (κ3) is 4.84. The topological polar surface area (TPSA) is 79.8 Å². The fourth-order valence-electron chi connectivity index (χ4n) is 2.23. The molecule has 2 aromatic heterocycles. The van der Waals surface area contributed by atoms with Gasteiger partial charge in [-0.1, -0.05) is 29.8 Å². The monoisotopic (exact) mass is 333 g/mol. The Labute approximate surface area is 146 Å². The highest BCUT2D eigenvalue weighted by Gasteiger charge is 2.08. The summed E-state index contributed by atoms with van der Waals surface area (Å²) in [5.41, 5.74) is 3.63. The number of hydrogen-bond acceptors (Lipinski definition) is 5. The number of aryl methyl sites for hydroxylation is 1. The lowest BCUT2D eigenvalue weighted by molar-refractivity contribution is 0.0946. The van der Waals surface area contributed by atoms with E-state index in [0.717, 1.165) is 11.1 Å². The summed E-state index contributed by atoms with van der Waals surface area (Å²) in [6.07, 6.45) is 5.03. The van der Waals surface area contributed by atoms with E-state index in [1.807, 2.05) is 43.3 Å². The van der Waals surface area contributed by atoms with Crippen molar-refractivity contribution in [1.29, 1.82) is 0 Å². The molecular formula is C19H19N5O. The number of nitrogens with zero attached hydrogens (tertiary/aromatic N) is 3. The Bertz CT molecular complexity index is 834. The van der Waals surface area contributed by atoms with Crippen LogP contribution in [-0.2, 0) is 13.1 Å². The molecule has 2 heterocycles. The van der Waals surface area contributed by atoms with E-state index in [-0.39, 0.29) is 5.91 Å². The summed E-state index contributed by atoms with van der Waals surface area (Å²) in [6.45, 7) is 3.06. The number of pyridine rings is 1. The molecule has 0 radical (unpaired) electrons. The highest BCUT2D eigenvalue weighted by atomic mass is 16.1. The minimum absolute atomic E-state index is 0.227. The summed E-state index contributed by atoms with van der Waals surface area (Å²) in [5.74, 6) is 0.190. The molecule has 0 aliphatic heterocycles. The van der Waals surface area contributed by atoms with E-state index in [1.54, 1.807) is 24.7 Å². The molecule has 0 atom stereocenters. The third-order valence-corrected chi connectivity index (χ3v) is 3.66. The second-order valence-electron chi connectivity index (χ2n) is 5.64. The number of carbonyl (C=O) groups is 1. The zero-order chi connectivity index (χ0) is 17.5. The smallest absolute Gasteiger partial charge is 0.270 e. The van der Waals surface area contributed by atoms with Gasteiger partial charge in [0.05, 0.1) is 0 Å². The lowest BCUT2D eigenvalue weighted by Gasteiger charge is -2.08. The molecule has 0 spiro atoms. The largest absolute Gasteiger partial charge is 0.350 e. The molecular weight excluding hydrogens is 314 g/mol. The highest BCUT2D eigenvalue weighted by Crippen LogP contribution is 2.06. The molecule has 3 aromatic rings. The Morgan fingerprint density at radius 2 is 1.64 bits per heavy atom. The van der Waals surface area contributed by atoms with E-state index in [0.29, 0.717) is 24.7 Å². The van der Waals surface area contributed by atoms with E-state index in [1.165, 1.54) is 5.56 Å². The number of rotatable bonds is 6. The average molecular weight is 333 g/mol. The van der Waals surface area contributed by atoms with Gasteiger partial charge in [-0.15, -0.1) is 0 Å². The molecule has 0 fully saturated rings. The molecule has 0 unspecified atom stereocenters. The van der Waals surface area contributed by atoms with Crippen LogP contribution in [-0.4, -0.2) is 20.9 Å². The fourth-order valence-corrected chi connectivity index (χ4v) is 2.23. The molecule has 126 valence electrons. The fraction of sp³-hybridized carbons (Fsp3) is 0.158. The van der Waals surface area contributed by atoms with E-state index < -0.39 is 0 Å². The van der Waals surface area contributed by atoms with Crippen LogP contribution in [0.15, 0.2) is 61.1 Å². The zero-order valence-electron chi connectivity index (χ0n) is 13.9. The maximum atomic E-state index is 12.3. The second kappa shape index (κ2) is 8.01. The third-order valence-electron chi connectivity index (χ3n) is 3.66. The highest BCUT2D eigenvalue weighted by molar-refractivity contribution is 5.92. The minimum atomic E-state index is -0.227. The van der Waals surface area contributed by atoms with Crippen molar-refractivity contribution in [2.24, 2.45) is 0 Å². The number of carbonyl (C=O) groups excluding carboxylic acids is 1. The van der Waals surface area contributed by atoms with Crippen LogP contribution in [0.3, 0.4) is 0 Å². The first-order valence-electron chi connectivity index (χ1n) is 8.00. The van der Waals surface area contributed by atoms with Crippen molar-refractivity contribution in [3.63, 3.8) is 0 Å². The standard InChI is InChI=1S/C19H19N5O/c1-14-2-4-15(5-3-14)12-22-18(25)17-8-11-21-19(24-17)23-13-16-6-9-20-10-7-16/h2-11H,12-13H2,1H3,(H,22,25)(H,21,23,24). The molecule has 2 N–H and O–H groups in total. The molecule has 6 heteroatoms. The number of amides is 1. The van der Waals surface area contributed by atoms with Gasteiger partial charge < -0.3 is 10.6 Å². The lowest BCUT2D eigenvalue weighted by atomic mass is 10.1. The predicted octanol–water partition coefficient (Wildman–Crippen LogP) is 2.72. The first kappa shape index (κ1) is 16.6. The van der Waals surface area contributed by atoms with Crippen LogP contribution >= 0.6 is 0 Å². The van der Waals surface area contributed by atoms with Crippen LogP contribution in [0.1, 0.15) is 27.2 Å². The quantitative estimate of drug-likeness (QED) is 0.725. The Hall–Kier alpha value is -3.28. The van der Waals surface area contributed by atoms with Crippen LogP contribution in [0, 0.1) is 6.92 Å². The molecule has 0 aliphatic carbocycles. The Morgan fingerprint density at radius 1 is 0.920 bits per heavy atom. The number of anilines is 1. The molecule has 0 aliphatic rings. The van der Waals surface area contributed by atoms with E-state index in [4.69, 9.17) is 0 Å². The lowest BCUT2D eigenvalue weighted by Crippen LogP contribution is -2.24. The summed E-state index contributed by atoms with van der Waals surface area (Å²) < 4.78 is 0. The van der Waals surface area contributed by atoms with Gasteiger partial charge in [0, 0.05) is 31.7 Å². The first-order valence-corrected chi connectivity index (χ1v) is 8.00. The van der Waals surface area contributed by atoms with Gasteiger partial charge in [-0.2, -0.15) is 0 Å². The molecule has 6 nitrogen and oxygen atoms in total. The normalized spacial score (nSPS) is 10.3. The molecule has 0 saturated heterocycles. The Morgan fingerprint density at radius 3 is 2.40 bits per heavy atom. The van der Waals surface area contributed by atoms with Crippen molar-refractivity contribution in [3.8, 4) is 0 Å². The maximum Gasteiger partial charge on any atom is 0.270 e. The Balaban J connectivity index is 1.58. The van der Waals surface area contributed by atoms with Gasteiger partial charge in [0.25, 0.3) is 5.91 Å². The van der Waals surface area contributed by atoms with Crippen molar-refractivity contribution >= 4 is 11.9 Å². The molecule has 1 aromatic carbocycles. The van der Waals surface area contributed by atoms with Crippen molar-refractivity contribution in [1.82, 2.24) is 20.3 Å². The molecule has 1 amide bonds. The van der Waals surface area contributed by atoms with Gasteiger partial charge in [-0.3, -0.25) is 9.78 Å². The first-order chi connectivity index (χ1) is 12.2. The van der Waals surface area contributed by atoms with E-state index in [9.17, 15) is 4.79 Å². The van der Waals surface area contributed by atoms with Crippen molar-refractivity contribution in [2.45, 2.75) is 20.0 Å². The SMILES string of the molecule is Cc1ccc(CNC(=O)c2ccnc(NCc3ccncc3)n2)cc1. The van der Waals surface area contributed by atoms with Gasteiger partial charge in [0.1, 0.15) is 5.69 Å². The Kier molecular flexibility index (Phi) is 5.31. The summed E-state index contributed by atoms with van der Waals surface area (Å²) in [5, 5.41) is 5.98. The van der Waals surface area contributed by atoms with Crippen LogP contribution in [0.5, 0.6) is 0 Å². The zero-order valence-corrected chi connectivity index (χ0v) is 13.9. The van der Waals surface area contributed by atoms with Gasteiger partial charge in [-0.25, -0.2) is 9.97 Å². The number of hydrogen-bond donors (Lipinski definition) is 2. The summed E-state index contributed by atoms with van der Waals surface area (Å²) in [4.78, 5) is 24.7. The van der Waals surface area contributed by atoms with Gasteiger partial charge in [0.15, 0.2) is 0 Å². The van der Waals surface area contributed by atoms with Crippen LogP contribution in [0.25, 0.3) is 0 Å². The average Bonchev–Trinajstić information content (AvgIpc) is 2.67. The van der Waals surface area contributed by atoms with Crippen LogP contribution < -0.4 is 10.6 Å². The second-order valence-corrected chi connectivity index (χ2v) is 5.64. The molecule has 0 bridgehead atoms. The number of nitrogens with one attached hydrogen (secondary N) is 2. The minimum Gasteiger partial charge on any atom is -0.350 e. The van der Waals surface area contributed by atoms with E-state index in [2.05, 4.69) is 25.6 Å². The predicted molar refractivity (Wildman–Crippen MR) is 95.9 cm³/mol. The number of aromatic nitrogens is 3. The molecule has 0 saturated carbocycles. The van der Waals surface area contributed by atoms with Gasteiger partial charge in [0.2, 0.25) is 5.95 Å². The van der Waals surface area contributed by atoms with Crippen molar-refractivity contribution in [3.05, 3.63) is 83.4 Å². The maximum absolute atomic E-state index is 12.3.